The van der Waals surface area contributed by atoms with Crippen LogP contribution in [0.4, 0.5) is 0 Å². The maximum absolute atomic E-state index is 2.69. The van der Waals surface area contributed by atoms with E-state index in [0.29, 0.717) is 0 Å². The zero-order valence-electron chi connectivity index (χ0n) is 18.9. The summed E-state index contributed by atoms with van der Waals surface area (Å²) in [4.78, 5) is 0. The van der Waals surface area contributed by atoms with Crippen molar-refractivity contribution in [3.8, 4) is 0 Å². The lowest BCUT2D eigenvalue weighted by Gasteiger charge is -2.57. The molecule has 0 aliphatic carbocycles. The Kier molecular flexibility index (Phi) is 9.22. The minimum absolute atomic E-state index is 0.417. The zero-order valence-corrected chi connectivity index (χ0v) is 25.9. The summed E-state index contributed by atoms with van der Waals surface area (Å²) in [6.45, 7) is 32.3. The van der Waals surface area contributed by atoms with Crippen molar-refractivity contribution in [1.29, 1.82) is 0 Å². The topological polar surface area (TPSA) is 0 Å². The van der Waals surface area contributed by atoms with Crippen LogP contribution in [0.25, 0.3) is 0 Å². The summed E-state index contributed by atoms with van der Waals surface area (Å²) >= 11 is 0. The van der Waals surface area contributed by atoms with Crippen molar-refractivity contribution >= 4 is 47.0 Å². The Hall–Kier alpha value is 1.30. The van der Waals surface area contributed by atoms with Crippen molar-refractivity contribution in [1.82, 2.24) is 0 Å². The molecule has 1 saturated heterocycles. The molecule has 0 unspecified atom stereocenters. The van der Waals surface area contributed by atoms with Gasteiger partial charge in [-0.2, -0.15) is 0 Å². The van der Waals surface area contributed by atoms with Gasteiger partial charge in [-0.15, -0.1) is 0 Å². The molecule has 0 N–H and O–H groups in total. The molecule has 24 heavy (non-hydrogen) atoms. The van der Waals surface area contributed by atoms with Crippen LogP contribution in [0.1, 0.15) is 83.1 Å². The first kappa shape index (κ1) is 23.3. The Morgan fingerprint density at radius 2 is 0.333 bits per heavy atom. The van der Waals surface area contributed by atoms with E-state index in [1.54, 1.807) is 0 Å². The highest BCUT2D eigenvalue weighted by Gasteiger charge is 2.57. The molecule has 0 saturated carbocycles. The van der Waals surface area contributed by atoms with Crippen molar-refractivity contribution in [2.24, 2.45) is 0 Å². The predicted molar refractivity (Wildman–Crippen MR) is 133 cm³/mol. The highest BCUT2D eigenvalue weighted by Crippen LogP contribution is 2.41. The van der Waals surface area contributed by atoms with Crippen LogP contribution in [-0.4, -0.2) is 47.0 Å². The van der Waals surface area contributed by atoms with Gasteiger partial charge in [0.2, 0.25) is 0 Å². The van der Waals surface area contributed by atoms with Crippen LogP contribution in [0.2, 0.25) is 33.2 Å². The van der Waals surface area contributed by atoms with E-state index >= 15 is 0 Å². The monoisotopic (exact) mass is 432 g/mol. The van der Waals surface area contributed by atoms with Crippen LogP contribution >= 0.6 is 0 Å². The van der Waals surface area contributed by atoms with Gasteiger partial charge in [0.1, 0.15) is 0 Å². The second-order valence-corrected chi connectivity index (χ2v) is 67.4. The molecular weight excluding hydrogens is 385 g/mol. The first-order valence-electron chi connectivity index (χ1n) is 10.9. The number of hydrogen-bond acceptors (Lipinski definition) is 0. The molecule has 0 aromatic heterocycles. The molecule has 0 atom stereocenters. The smallest absolute Gasteiger partial charge is 0.0179 e. The van der Waals surface area contributed by atoms with E-state index in [1.165, 1.54) is 0 Å². The Balaban J connectivity index is 3.58. The average Bonchev–Trinajstić information content (AvgIpc) is 2.42. The summed E-state index contributed by atoms with van der Waals surface area (Å²) in [6, 6.07) is 0. The Labute approximate surface area is 163 Å². The summed E-state index contributed by atoms with van der Waals surface area (Å²) in [5, 5.41) is 0. The molecule has 1 rings (SSSR count). The first-order valence-corrected chi connectivity index (χ1v) is 30.9. The van der Waals surface area contributed by atoms with Gasteiger partial charge in [0.15, 0.2) is 0 Å². The molecular formula is C18H48Si6. The molecule has 1 aliphatic heterocycles. The van der Waals surface area contributed by atoms with Crippen LogP contribution in [-0.2, 0) is 0 Å². The molecule has 0 aromatic rings. The zero-order chi connectivity index (χ0) is 18.9. The standard InChI is InChI=1S/C18H48Si6/c1-13(2)19-20(14(3)4)22(16(7)8)24(18(11)12)23(17(9)10)21(19)15(5)6/h13-24H,1-12H3. The SMILES string of the molecule is CC(C)[SiH]1[SiH](C(C)C)[SiH](C(C)C)[SiH](C(C)C)[SiH](C(C)C)[SiH]1C(C)C. The number of rotatable bonds is 6. The van der Waals surface area contributed by atoms with Crippen LogP contribution in [0.5, 0.6) is 0 Å². The van der Waals surface area contributed by atoms with Gasteiger partial charge >= 0.3 is 0 Å². The first-order chi connectivity index (χ1) is 10.9. The van der Waals surface area contributed by atoms with E-state index in [1.807, 2.05) is 0 Å². The largest absolute Gasteiger partial charge is 0.0659 e. The van der Waals surface area contributed by atoms with Crippen LogP contribution in [0.3, 0.4) is 0 Å². The van der Waals surface area contributed by atoms with Crippen molar-refractivity contribution < 1.29 is 0 Å². The second kappa shape index (κ2) is 9.48. The Morgan fingerprint density at radius 1 is 0.250 bits per heavy atom. The third-order valence-corrected chi connectivity index (χ3v) is 138. The number of hydrogen-bond donors (Lipinski definition) is 0. The van der Waals surface area contributed by atoms with E-state index in [2.05, 4.69) is 83.1 Å². The van der Waals surface area contributed by atoms with Crippen LogP contribution in [0, 0.1) is 0 Å². The summed E-state index contributed by atoms with van der Waals surface area (Å²) in [7, 11) is -2.50. The molecule has 0 amide bonds. The normalized spacial score (nSPS) is 35.2. The highest BCUT2D eigenvalue weighted by atomic mass is 30.1. The maximum Gasteiger partial charge on any atom is 0.0179 e. The fourth-order valence-electron chi connectivity index (χ4n) is 6.87. The molecule has 0 nitrogen and oxygen atoms in total. The van der Waals surface area contributed by atoms with Crippen LogP contribution in [0.15, 0.2) is 0 Å². The maximum atomic E-state index is 2.69. The molecule has 0 aromatic carbocycles. The van der Waals surface area contributed by atoms with E-state index in [-0.39, 0.29) is 0 Å². The third-order valence-electron chi connectivity index (χ3n) is 7.29. The summed E-state index contributed by atoms with van der Waals surface area (Å²) in [6.07, 6.45) is 0. The lowest BCUT2D eigenvalue weighted by molar-refractivity contribution is 1.00. The minimum Gasteiger partial charge on any atom is -0.0659 e. The van der Waals surface area contributed by atoms with Gasteiger partial charge in [-0.25, -0.2) is 0 Å². The lowest BCUT2D eigenvalue weighted by atomic mass is 10.6. The van der Waals surface area contributed by atoms with Gasteiger partial charge in [-0.05, 0) is 0 Å². The minimum atomic E-state index is -0.417. The van der Waals surface area contributed by atoms with Gasteiger partial charge in [-0.1, -0.05) is 116 Å². The molecule has 6 heteroatoms. The van der Waals surface area contributed by atoms with Crippen molar-refractivity contribution in [3.05, 3.63) is 0 Å². The van der Waals surface area contributed by atoms with E-state index < -0.39 is 47.0 Å². The summed E-state index contributed by atoms with van der Waals surface area (Å²) in [5.41, 5.74) is 6.88. The Bertz CT molecular complexity index is 275. The summed E-state index contributed by atoms with van der Waals surface area (Å²) < 4.78 is 0. The highest BCUT2D eigenvalue weighted by molar-refractivity contribution is 7.96. The quantitative estimate of drug-likeness (QED) is 0.549. The van der Waals surface area contributed by atoms with E-state index in [9.17, 15) is 0 Å². The Morgan fingerprint density at radius 3 is 0.375 bits per heavy atom. The van der Waals surface area contributed by atoms with Crippen molar-refractivity contribution in [3.63, 3.8) is 0 Å². The van der Waals surface area contributed by atoms with Gasteiger partial charge in [-0.3, -0.25) is 0 Å². The molecule has 0 spiro atoms. The predicted octanol–water partition coefficient (Wildman–Crippen LogP) is 4.29. The average molecular weight is 433 g/mol. The second-order valence-electron chi connectivity index (χ2n) is 10.9. The fraction of sp³-hybridized carbons (Fsp3) is 1.00. The lowest BCUT2D eigenvalue weighted by Crippen LogP contribution is -2.81. The van der Waals surface area contributed by atoms with E-state index in [0.717, 1.165) is 33.2 Å². The molecule has 1 aliphatic rings. The van der Waals surface area contributed by atoms with Crippen molar-refractivity contribution in [2.45, 2.75) is 116 Å². The fourth-order valence-corrected chi connectivity index (χ4v) is 262. The third kappa shape index (κ3) is 4.77. The van der Waals surface area contributed by atoms with Gasteiger partial charge in [0.05, 0.1) is 0 Å². The van der Waals surface area contributed by atoms with Crippen molar-refractivity contribution in [2.75, 3.05) is 0 Å². The molecule has 1 heterocycles. The molecule has 0 bridgehead atoms. The van der Waals surface area contributed by atoms with Gasteiger partial charge in [0, 0.05) is 47.0 Å². The van der Waals surface area contributed by atoms with E-state index in [4.69, 9.17) is 0 Å². The molecule has 0 radical (unpaired) electrons. The van der Waals surface area contributed by atoms with Crippen LogP contribution < -0.4 is 0 Å². The molecule has 1 fully saturated rings. The molecule has 144 valence electrons. The van der Waals surface area contributed by atoms with Gasteiger partial charge in [0.25, 0.3) is 0 Å². The van der Waals surface area contributed by atoms with Gasteiger partial charge < -0.3 is 0 Å². The summed E-state index contributed by atoms with van der Waals surface area (Å²) in [5.74, 6) is 0.